The lowest BCUT2D eigenvalue weighted by Crippen LogP contribution is -1.95. The average Bonchev–Trinajstić information content (AvgIpc) is 3.10. The van der Waals surface area contributed by atoms with Gasteiger partial charge in [0.1, 0.15) is 0 Å². The maximum absolute atomic E-state index is 2.44. The normalized spacial score (nSPS) is 11.7. The van der Waals surface area contributed by atoms with Gasteiger partial charge >= 0.3 is 0 Å². The lowest BCUT2D eigenvalue weighted by atomic mass is 9.82. The molecule has 0 nitrogen and oxygen atoms in total. The minimum Gasteiger partial charge on any atom is -0.0616 e. The molecular weight excluding hydrogens is 553 g/mol. The number of benzene rings is 9. The van der Waals surface area contributed by atoms with Gasteiger partial charge in [0.15, 0.2) is 0 Å². The van der Waals surface area contributed by atoms with Crippen molar-refractivity contribution in [1.29, 1.82) is 0 Å². The van der Waals surface area contributed by atoms with Crippen molar-refractivity contribution in [2.75, 3.05) is 0 Å². The first kappa shape index (κ1) is 26.7. The Morgan fingerprint density at radius 3 is 1.24 bits per heavy atom. The number of fused-ring (bicyclic) bond motifs is 5. The van der Waals surface area contributed by atoms with E-state index in [2.05, 4.69) is 172 Å². The Hall–Kier alpha value is -5.72. The van der Waals surface area contributed by atoms with E-state index < -0.39 is 0 Å². The van der Waals surface area contributed by atoms with Crippen molar-refractivity contribution in [2.45, 2.75) is 13.8 Å². The zero-order chi connectivity index (χ0) is 30.8. The summed E-state index contributed by atoms with van der Waals surface area (Å²) in [5, 5.41) is 12.7. The lowest BCUT2D eigenvalue weighted by Gasteiger charge is -2.21. The van der Waals surface area contributed by atoms with Gasteiger partial charge in [-0.05, 0) is 136 Å². The van der Waals surface area contributed by atoms with Crippen LogP contribution in [0, 0.1) is 13.8 Å². The third-order valence-corrected chi connectivity index (χ3v) is 9.83. The molecule has 0 heterocycles. The molecule has 9 aromatic carbocycles. The maximum Gasteiger partial charge on any atom is -0.00233 e. The van der Waals surface area contributed by atoms with Crippen molar-refractivity contribution in [3.8, 4) is 33.4 Å². The third kappa shape index (κ3) is 4.22. The SMILES string of the molecule is Cc1cc2ccccc2cc1-c1c2ccccc2c(-c2cc3ccccc3cc2C)c2cc(-c3ccc4ccccc4c3)ccc12. The summed E-state index contributed by atoms with van der Waals surface area (Å²) < 4.78 is 0. The molecule has 0 radical (unpaired) electrons. The summed E-state index contributed by atoms with van der Waals surface area (Å²) in [4.78, 5) is 0. The van der Waals surface area contributed by atoms with Crippen LogP contribution >= 0.6 is 0 Å². The smallest absolute Gasteiger partial charge is 0.00233 e. The Kier molecular flexibility index (Phi) is 6.05. The van der Waals surface area contributed by atoms with Gasteiger partial charge in [0.05, 0.1) is 0 Å². The molecule has 46 heavy (non-hydrogen) atoms. The molecule has 9 aromatic rings. The highest BCUT2D eigenvalue weighted by atomic mass is 14.2. The van der Waals surface area contributed by atoms with Gasteiger partial charge in [-0.2, -0.15) is 0 Å². The number of rotatable bonds is 3. The van der Waals surface area contributed by atoms with Crippen molar-refractivity contribution < 1.29 is 0 Å². The predicted octanol–water partition coefficient (Wildman–Crippen LogP) is 13.1. The molecule has 0 heteroatoms. The topological polar surface area (TPSA) is 0 Å². The highest BCUT2D eigenvalue weighted by molar-refractivity contribution is 6.23. The summed E-state index contributed by atoms with van der Waals surface area (Å²) in [5.74, 6) is 0. The van der Waals surface area contributed by atoms with Gasteiger partial charge in [-0.1, -0.05) is 133 Å². The van der Waals surface area contributed by atoms with Gasteiger partial charge in [0.2, 0.25) is 0 Å². The summed E-state index contributed by atoms with van der Waals surface area (Å²) in [6, 6.07) is 58.5. The zero-order valence-electron chi connectivity index (χ0n) is 26.0. The molecule has 0 saturated heterocycles. The minimum absolute atomic E-state index is 1.23. The van der Waals surface area contributed by atoms with Crippen molar-refractivity contribution in [1.82, 2.24) is 0 Å². The molecule has 0 fully saturated rings. The molecule has 0 amide bonds. The van der Waals surface area contributed by atoms with E-state index in [-0.39, 0.29) is 0 Å². The fourth-order valence-electron chi connectivity index (χ4n) is 7.55. The van der Waals surface area contributed by atoms with Gasteiger partial charge in [-0.3, -0.25) is 0 Å². The number of hydrogen-bond acceptors (Lipinski definition) is 0. The van der Waals surface area contributed by atoms with Crippen LogP contribution in [0.4, 0.5) is 0 Å². The molecule has 0 spiro atoms. The molecule has 0 aromatic heterocycles. The Morgan fingerprint density at radius 1 is 0.283 bits per heavy atom. The van der Waals surface area contributed by atoms with E-state index in [4.69, 9.17) is 0 Å². The maximum atomic E-state index is 2.44. The van der Waals surface area contributed by atoms with Crippen LogP contribution in [0.5, 0.6) is 0 Å². The molecule has 0 atom stereocenters. The van der Waals surface area contributed by atoms with E-state index in [1.165, 1.54) is 98.4 Å². The highest BCUT2D eigenvalue weighted by Gasteiger charge is 2.20. The van der Waals surface area contributed by atoms with E-state index in [9.17, 15) is 0 Å². The fraction of sp³-hybridized carbons (Fsp3) is 0.0435. The standard InChI is InChI=1S/C46H32/c1-29-23-32-12-5-7-15-35(32)26-42(29)45-39-17-9-10-18-40(39)46(43-27-36-16-8-6-13-33(36)24-30(43)2)44-28-38(21-22-41(44)45)37-20-19-31-11-3-4-14-34(31)25-37/h3-28H,1-2H3. The predicted molar refractivity (Wildman–Crippen MR) is 200 cm³/mol. The molecular formula is C46H32. The van der Waals surface area contributed by atoms with Crippen LogP contribution in [-0.2, 0) is 0 Å². The van der Waals surface area contributed by atoms with E-state index in [1.54, 1.807) is 0 Å². The first-order valence-electron chi connectivity index (χ1n) is 16.1. The Morgan fingerprint density at radius 2 is 0.674 bits per heavy atom. The van der Waals surface area contributed by atoms with Crippen molar-refractivity contribution in [2.24, 2.45) is 0 Å². The molecule has 0 saturated carbocycles. The average molecular weight is 585 g/mol. The van der Waals surface area contributed by atoms with Crippen LogP contribution in [0.1, 0.15) is 11.1 Å². The Bertz CT molecular complexity index is 2650. The second-order valence-corrected chi connectivity index (χ2v) is 12.6. The molecule has 0 N–H and O–H groups in total. The molecule has 0 bridgehead atoms. The monoisotopic (exact) mass is 584 g/mol. The number of aryl methyl sites for hydroxylation is 2. The minimum atomic E-state index is 1.23. The molecule has 0 unspecified atom stereocenters. The van der Waals surface area contributed by atoms with E-state index >= 15 is 0 Å². The molecule has 9 rings (SSSR count). The summed E-state index contributed by atoms with van der Waals surface area (Å²) in [6.45, 7) is 4.52. The first-order chi connectivity index (χ1) is 22.6. The van der Waals surface area contributed by atoms with E-state index in [0.717, 1.165) is 0 Å². The van der Waals surface area contributed by atoms with Gasteiger partial charge < -0.3 is 0 Å². The fourth-order valence-corrected chi connectivity index (χ4v) is 7.55. The summed E-state index contributed by atoms with van der Waals surface area (Å²) in [7, 11) is 0. The van der Waals surface area contributed by atoms with Gasteiger partial charge in [-0.25, -0.2) is 0 Å². The quantitative estimate of drug-likeness (QED) is 0.181. The van der Waals surface area contributed by atoms with E-state index in [0.29, 0.717) is 0 Å². The highest BCUT2D eigenvalue weighted by Crippen LogP contribution is 2.47. The molecule has 216 valence electrons. The van der Waals surface area contributed by atoms with E-state index in [1.807, 2.05) is 0 Å². The van der Waals surface area contributed by atoms with Gasteiger partial charge in [0, 0.05) is 0 Å². The van der Waals surface area contributed by atoms with Gasteiger partial charge in [0.25, 0.3) is 0 Å². The van der Waals surface area contributed by atoms with Gasteiger partial charge in [-0.15, -0.1) is 0 Å². The third-order valence-electron chi connectivity index (χ3n) is 9.83. The van der Waals surface area contributed by atoms with Crippen molar-refractivity contribution >= 4 is 53.9 Å². The summed E-state index contributed by atoms with van der Waals surface area (Å²) in [6.07, 6.45) is 0. The zero-order valence-corrected chi connectivity index (χ0v) is 26.0. The second kappa shape index (κ2) is 10.4. The lowest BCUT2D eigenvalue weighted by molar-refractivity contribution is 1.49. The largest absolute Gasteiger partial charge is 0.0616 e. The van der Waals surface area contributed by atoms with Crippen LogP contribution in [0.3, 0.4) is 0 Å². The van der Waals surface area contributed by atoms with Crippen LogP contribution in [-0.4, -0.2) is 0 Å². The summed E-state index contributed by atoms with van der Waals surface area (Å²) >= 11 is 0. The summed E-state index contributed by atoms with van der Waals surface area (Å²) in [5.41, 5.74) is 10.2. The number of hydrogen-bond donors (Lipinski definition) is 0. The Labute approximate surface area is 269 Å². The first-order valence-corrected chi connectivity index (χ1v) is 16.1. The van der Waals surface area contributed by atoms with Crippen molar-refractivity contribution in [3.05, 3.63) is 169 Å². The molecule has 0 aliphatic carbocycles. The Balaban J connectivity index is 1.43. The van der Waals surface area contributed by atoms with Crippen LogP contribution in [0.2, 0.25) is 0 Å². The molecule has 0 aliphatic rings. The van der Waals surface area contributed by atoms with Crippen LogP contribution in [0.15, 0.2) is 158 Å². The van der Waals surface area contributed by atoms with Crippen LogP contribution < -0.4 is 0 Å². The second-order valence-electron chi connectivity index (χ2n) is 12.6. The van der Waals surface area contributed by atoms with Crippen molar-refractivity contribution in [3.63, 3.8) is 0 Å². The van der Waals surface area contributed by atoms with Crippen LogP contribution in [0.25, 0.3) is 87.2 Å². The molecule has 0 aliphatic heterocycles.